The fourth-order valence-corrected chi connectivity index (χ4v) is 3.43. The minimum Gasteiger partial charge on any atom is -0.490 e. The van der Waals surface area contributed by atoms with Crippen LogP contribution in [0, 0.1) is 5.92 Å². The third kappa shape index (κ3) is 4.87. The van der Waals surface area contributed by atoms with Gasteiger partial charge in [0.1, 0.15) is 0 Å². The van der Waals surface area contributed by atoms with E-state index < -0.39 is 18.0 Å². The molecular weight excluding hydrogens is 391 g/mol. The highest BCUT2D eigenvalue weighted by atomic mass is 35.5. The molecule has 1 heterocycles. The van der Waals surface area contributed by atoms with Crippen LogP contribution in [0.2, 0.25) is 10.0 Å². The molecule has 1 unspecified atom stereocenters. The van der Waals surface area contributed by atoms with Gasteiger partial charge in [-0.05, 0) is 37.0 Å². The van der Waals surface area contributed by atoms with Gasteiger partial charge in [-0.15, -0.1) is 0 Å². The van der Waals surface area contributed by atoms with Crippen molar-refractivity contribution in [1.29, 1.82) is 0 Å². The quantitative estimate of drug-likeness (QED) is 0.638. The predicted molar refractivity (Wildman–Crippen MR) is 105 cm³/mol. The Morgan fingerprint density at radius 3 is 2.37 bits per heavy atom. The van der Waals surface area contributed by atoms with Crippen LogP contribution in [0.1, 0.15) is 45.7 Å². The van der Waals surface area contributed by atoms with E-state index >= 15 is 0 Å². The summed E-state index contributed by atoms with van der Waals surface area (Å²) in [6, 6.07) is 2.15. The first-order valence-corrected chi connectivity index (χ1v) is 9.66. The average Bonchev–Trinajstić information content (AvgIpc) is 2.60. The first-order valence-electron chi connectivity index (χ1n) is 8.90. The number of rotatable bonds is 7. The average molecular weight is 415 g/mol. The molecule has 148 valence electrons. The zero-order valence-electron chi connectivity index (χ0n) is 15.8. The number of amides is 2. The summed E-state index contributed by atoms with van der Waals surface area (Å²) >= 11 is 12.7. The van der Waals surface area contributed by atoms with Crippen LogP contribution < -0.4 is 15.4 Å². The second-order valence-electron chi connectivity index (χ2n) is 6.40. The molecule has 1 atom stereocenters. The number of allylic oxidation sites excluding steroid dienone is 1. The number of hydrogen-bond donors (Lipinski definition) is 2. The SMILES string of the molecule is CCCOc1c(Cl)cc(C2NC(=O)NC(C(C)C)=C2C(=O)OCC)cc1Cl. The van der Waals surface area contributed by atoms with Crippen molar-refractivity contribution in [3.63, 3.8) is 0 Å². The van der Waals surface area contributed by atoms with E-state index in [0.717, 1.165) is 6.42 Å². The molecule has 1 aromatic carbocycles. The molecule has 2 N–H and O–H groups in total. The summed E-state index contributed by atoms with van der Waals surface area (Å²) in [5.41, 5.74) is 1.42. The Bertz CT molecular complexity index is 739. The van der Waals surface area contributed by atoms with Gasteiger partial charge in [-0.1, -0.05) is 44.0 Å². The molecule has 6 nitrogen and oxygen atoms in total. The standard InChI is InChI=1S/C19H24Cl2N2O4/c1-5-7-27-17-12(20)8-11(9-13(17)21)16-14(18(24)26-6-2)15(10(3)4)22-19(25)23-16/h8-10,16H,5-7H2,1-4H3,(H2,22,23,25). The van der Waals surface area contributed by atoms with Crippen LogP contribution in [0.15, 0.2) is 23.4 Å². The van der Waals surface area contributed by atoms with E-state index in [1.54, 1.807) is 19.1 Å². The van der Waals surface area contributed by atoms with Crippen molar-refractivity contribution < 1.29 is 19.1 Å². The van der Waals surface area contributed by atoms with E-state index in [1.807, 2.05) is 20.8 Å². The summed E-state index contributed by atoms with van der Waals surface area (Å²) in [4.78, 5) is 24.8. The largest absolute Gasteiger partial charge is 0.490 e. The normalized spacial score (nSPS) is 16.9. The lowest BCUT2D eigenvalue weighted by molar-refractivity contribution is -0.139. The number of urea groups is 1. The van der Waals surface area contributed by atoms with Crippen molar-refractivity contribution in [2.24, 2.45) is 5.92 Å². The van der Waals surface area contributed by atoms with Crippen molar-refractivity contribution in [3.8, 4) is 5.75 Å². The molecule has 0 fully saturated rings. The summed E-state index contributed by atoms with van der Waals surface area (Å²) in [5.74, 6) is -0.205. The van der Waals surface area contributed by atoms with Gasteiger partial charge in [0.05, 0.1) is 34.9 Å². The first kappa shape index (κ1) is 21.4. The Morgan fingerprint density at radius 1 is 1.22 bits per heavy atom. The number of benzene rings is 1. The van der Waals surface area contributed by atoms with Crippen LogP contribution in [0.4, 0.5) is 4.79 Å². The molecule has 8 heteroatoms. The lowest BCUT2D eigenvalue weighted by Gasteiger charge is -2.31. The smallest absolute Gasteiger partial charge is 0.338 e. The van der Waals surface area contributed by atoms with Gasteiger partial charge in [-0.25, -0.2) is 9.59 Å². The van der Waals surface area contributed by atoms with Crippen LogP contribution in [-0.2, 0) is 9.53 Å². The summed E-state index contributed by atoms with van der Waals surface area (Å²) < 4.78 is 10.8. The Balaban J connectivity index is 2.54. The van der Waals surface area contributed by atoms with Gasteiger partial charge >= 0.3 is 12.0 Å². The van der Waals surface area contributed by atoms with Crippen LogP contribution in [0.5, 0.6) is 5.75 Å². The Labute approximate surface area is 169 Å². The fourth-order valence-electron chi connectivity index (χ4n) is 2.81. The number of ether oxygens (including phenoxy) is 2. The van der Waals surface area contributed by atoms with Gasteiger partial charge < -0.3 is 20.1 Å². The summed E-state index contributed by atoms with van der Waals surface area (Å²) in [6.07, 6.45) is 0.812. The molecule has 27 heavy (non-hydrogen) atoms. The van der Waals surface area contributed by atoms with E-state index in [1.165, 1.54) is 0 Å². The van der Waals surface area contributed by atoms with Gasteiger partial charge in [0.2, 0.25) is 0 Å². The molecular formula is C19H24Cl2N2O4. The maximum atomic E-state index is 12.6. The van der Waals surface area contributed by atoms with E-state index in [0.29, 0.717) is 39.2 Å². The second-order valence-corrected chi connectivity index (χ2v) is 7.21. The lowest BCUT2D eigenvalue weighted by atomic mass is 9.91. The van der Waals surface area contributed by atoms with E-state index in [-0.39, 0.29) is 12.5 Å². The van der Waals surface area contributed by atoms with Crippen molar-refractivity contribution in [1.82, 2.24) is 10.6 Å². The molecule has 2 rings (SSSR count). The molecule has 0 radical (unpaired) electrons. The van der Waals surface area contributed by atoms with E-state index in [4.69, 9.17) is 32.7 Å². The number of halogens is 2. The molecule has 0 spiro atoms. The topological polar surface area (TPSA) is 76.7 Å². The number of esters is 1. The highest BCUT2D eigenvalue weighted by Crippen LogP contribution is 2.39. The number of hydrogen-bond acceptors (Lipinski definition) is 4. The van der Waals surface area contributed by atoms with Gasteiger partial charge in [-0.3, -0.25) is 0 Å². The molecule has 1 aliphatic heterocycles. The molecule has 0 bridgehead atoms. The third-order valence-corrected chi connectivity index (χ3v) is 4.54. The molecule has 1 aromatic rings. The minimum atomic E-state index is -0.731. The zero-order valence-corrected chi connectivity index (χ0v) is 17.3. The molecule has 2 amide bonds. The highest BCUT2D eigenvalue weighted by molar-refractivity contribution is 6.37. The molecule has 0 saturated heterocycles. The third-order valence-electron chi connectivity index (χ3n) is 3.98. The highest BCUT2D eigenvalue weighted by Gasteiger charge is 2.35. The Morgan fingerprint density at radius 2 is 1.85 bits per heavy atom. The molecule has 1 aliphatic rings. The predicted octanol–water partition coefficient (Wildman–Crippen LogP) is 4.61. The van der Waals surface area contributed by atoms with Crippen molar-refractivity contribution in [2.45, 2.75) is 40.2 Å². The lowest BCUT2D eigenvalue weighted by Crippen LogP contribution is -2.47. The monoisotopic (exact) mass is 414 g/mol. The number of carbonyl (C=O) groups is 2. The Hall–Kier alpha value is -1.92. The molecule has 0 aliphatic carbocycles. The van der Waals surface area contributed by atoms with Gasteiger partial charge in [-0.2, -0.15) is 0 Å². The summed E-state index contributed by atoms with van der Waals surface area (Å²) in [7, 11) is 0. The maximum Gasteiger partial charge on any atom is 0.338 e. The first-order chi connectivity index (χ1) is 12.8. The zero-order chi connectivity index (χ0) is 20.1. The van der Waals surface area contributed by atoms with E-state index in [9.17, 15) is 9.59 Å². The van der Waals surface area contributed by atoms with Crippen LogP contribution in [0.25, 0.3) is 0 Å². The van der Waals surface area contributed by atoms with Crippen molar-refractivity contribution >= 4 is 35.2 Å². The molecule has 0 saturated carbocycles. The van der Waals surface area contributed by atoms with Crippen LogP contribution in [-0.4, -0.2) is 25.2 Å². The van der Waals surface area contributed by atoms with Gasteiger partial charge in [0.15, 0.2) is 5.75 Å². The summed E-state index contributed by atoms with van der Waals surface area (Å²) in [6.45, 7) is 8.18. The number of nitrogens with one attached hydrogen (secondary N) is 2. The van der Waals surface area contributed by atoms with Crippen LogP contribution >= 0.6 is 23.2 Å². The molecule has 0 aromatic heterocycles. The number of carbonyl (C=O) groups excluding carboxylic acids is 2. The van der Waals surface area contributed by atoms with Crippen molar-refractivity contribution in [3.05, 3.63) is 39.0 Å². The second kappa shape index (κ2) is 9.33. The fraction of sp³-hybridized carbons (Fsp3) is 0.474. The van der Waals surface area contributed by atoms with Crippen molar-refractivity contribution in [2.75, 3.05) is 13.2 Å². The maximum absolute atomic E-state index is 12.6. The summed E-state index contributed by atoms with van der Waals surface area (Å²) in [5, 5.41) is 6.09. The minimum absolute atomic E-state index is 0.0870. The van der Waals surface area contributed by atoms with E-state index in [2.05, 4.69) is 10.6 Å². The van der Waals surface area contributed by atoms with Gasteiger partial charge in [0, 0.05) is 5.70 Å². The van der Waals surface area contributed by atoms with Crippen LogP contribution in [0.3, 0.4) is 0 Å². The Kier molecular flexibility index (Phi) is 7.39. The van der Waals surface area contributed by atoms with Gasteiger partial charge in [0.25, 0.3) is 0 Å².